The van der Waals surface area contributed by atoms with E-state index in [0.29, 0.717) is 11.3 Å². The second-order valence-corrected chi connectivity index (χ2v) is 7.82. The van der Waals surface area contributed by atoms with Gasteiger partial charge in [-0.3, -0.25) is 9.59 Å². The zero-order valence-electron chi connectivity index (χ0n) is 16.0. The molecule has 1 unspecified atom stereocenters. The van der Waals surface area contributed by atoms with E-state index in [9.17, 15) is 27.9 Å². The molecule has 0 bridgehead atoms. The SMILES string of the molecule is COc1ccc(CC(NC(=O)CNC(=O)c2ccc(S(N)(=O)=O)cc2)C(=O)O)cc1. The third-order valence-electron chi connectivity index (χ3n) is 4.09. The predicted molar refractivity (Wildman–Crippen MR) is 106 cm³/mol. The lowest BCUT2D eigenvalue weighted by Crippen LogP contribution is -2.46. The predicted octanol–water partition coefficient (Wildman–Crippen LogP) is -0.115. The van der Waals surface area contributed by atoms with Gasteiger partial charge in [0.05, 0.1) is 18.6 Å². The summed E-state index contributed by atoms with van der Waals surface area (Å²) in [5, 5.41) is 19.0. The van der Waals surface area contributed by atoms with Crippen molar-refractivity contribution < 1.29 is 32.6 Å². The number of aliphatic carboxylic acids is 1. The average molecular weight is 435 g/mol. The molecule has 160 valence electrons. The van der Waals surface area contributed by atoms with Crippen LogP contribution < -0.4 is 20.5 Å². The van der Waals surface area contributed by atoms with E-state index < -0.39 is 40.4 Å². The molecule has 5 N–H and O–H groups in total. The van der Waals surface area contributed by atoms with Crippen LogP contribution in [0.15, 0.2) is 53.4 Å². The number of ether oxygens (including phenoxy) is 1. The molecule has 0 spiro atoms. The Balaban J connectivity index is 1.92. The average Bonchev–Trinajstić information content (AvgIpc) is 2.71. The summed E-state index contributed by atoms with van der Waals surface area (Å²) in [5.74, 6) is -1.92. The summed E-state index contributed by atoms with van der Waals surface area (Å²) < 4.78 is 27.5. The molecule has 2 amide bonds. The minimum absolute atomic E-state index is 0.0496. The quantitative estimate of drug-likeness (QED) is 0.426. The summed E-state index contributed by atoms with van der Waals surface area (Å²) in [6.45, 7) is -0.456. The highest BCUT2D eigenvalue weighted by atomic mass is 32.2. The minimum atomic E-state index is -3.88. The van der Waals surface area contributed by atoms with E-state index >= 15 is 0 Å². The van der Waals surface area contributed by atoms with Gasteiger partial charge in [-0.15, -0.1) is 0 Å². The first-order valence-corrected chi connectivity index (χ1v) is 10.2. The van der Waals surface area contributed by atoms with Crippen molar-refractivity contribution in [2.24, 2.45) is 5.14 Å². The first kappa shape index (κ1) is 22.8. The number of hydrogen-bond acceptors (Lipinski definition) is 6. The number of nitrogens with one attached hydrogen (secondary N) is 2. The van der Waals surface area contributed by atoms with Crippen molar-refractivity contribution in [2.45, 2.75) is 17.4 Å². The Morgan fingerprint density at radius 1 is 1.07 bits per heavy atom. The topological polar surface area (TPSA) is 165 Å². The molecule has 2 aromatic carbocycles. The third-order valence-corrected chi connectivity index (χ3v) is 5.02. The third kappa shape index (κ3) is 6.57. The first-order chi connectivity index (χ1) is 14.1. The molecule has 0 saturated heterocycles. The molecule has 30 heavy (non-hydrogen) atoms. The molecule has 0 saturated carbocycles. The van der Waals surface area contributed by atoms with Crippen LogP contribution in [0.25, 0.3) is 0 Å². The maximum atomic E-state index is 12.1. The second kappa shape index (κ2) is 9.85. The number of amides is 2. The lowest BCUT2D eigenvalue weighted by molar-refractivity contribution is -0.141. The number of carboxylic acids is 1. The van der Waals surface area contributed by atoms with Crippen molar-refractivity contribution in [3.05, 3.63) is 59.7 Å². The molecule has 0 aliphatic heterocycles. The molecule has 10 nitrogen and oxygen atoms in total. The normalized spacial score (nSPS) is 11.9. The fourth-order valence-electron chi connectivity index (χ4n) is 2.50. The Hall–Kier alpha value is -3.44. The number of rotatable bonds is 9. The zero-order chi connectivity index (χ0) is 22.3. The van der Waals surface area contributed by atoms with E-state index in [1.807, 2.05) is 0 Å². The van der Waals surface area contributed by atoms with Crippen molar-refractivity contribution in [3.63, 3.8) is 0 Å². The number of benzene rings is 2. The van der Waals surface area contributed by atoms with Crippen molar-refractivity contribution in [3.8, 4) is 5.75 Å². The molecule has 0 heterocycles. The van der Waals surface area contributed by atoms with Gasteiger partial charge in [-0.05, 0) is 42.0 Å². The van der Waals surface area contributed by atoms with Crippen LogP contribution in [0.4, 0.5) is 0 Å². The van der Waals surface area contributed by atoms with Crippen molar-refractivity contribution in [1.82, 2.24) is 10.6 Å². The van der Waals surface area contributed by atoms with E-state index in [-0.39, 0.29) is 16.9 Å². The highest BCUT2D eigenvalue weighted by Crippen LogP contribution is 2.13. The van der Waals surface area contributed by atoms with Crippen LogP contribution in [0.5, 0.6) is 5.75 Å². The van der Waals surface area contributed by atoms with Crippen LogP contribution >= 0.6 is 0 Å². The van der Waals surface area contributed by atoms with Crippen LogP contribution in [-0.2, 0) is 26.0 Å². The Bertz CT molecular complexity index is 1020. The summed E-state index contributed by atoms with van der Waals surface area (Å²) in [5.41, 5.74) is 0.797. The summed E-state index contributed by atoms with van der Waals surface area (Å²) in [6, 6.07) is 10.4. The highest BCUT2D eigenvalue weighted by molar-refractivity contribution is 7.89. The standard InChI is InChI=1S/C19H21N3O7S/c1-29-14-6-2-12(3-7-14)10-16(19(25)26)22-17(23)11-21-18(24)13-4-8-15(9-5-13)30(20,27)28/h2-9,16H,10-11H2,1H3,(H,21,24)(H,22,23)(H,25,26)(H2,20,27,28). The van der Waals surface area contributed by atoms with Gasteiger partial charge < -0.3 is 20.5 Å². The van der Waals surface area contributed by atoms with Crippen LogP contribution in [0.3, 0.4) is 0 Å². The lowest BCUT2D eigenvalue weighted by Gasteiger charge is -2.15. The van der Waals surface area contributed by atoms with E-state index in [4.69, 9.17) is 9.88 Å². The molecule has 0 radical (unpaired) electrons. The minimum Gasteiger partial charge on any atom is -0.497 e. The van der Waals surface area contributed by atoms with Gasteiger partial charge in [0.1, 0.15) is 11.8 Å². The Morgan fingerprint density at radius 2 is 1.67 bits per heavy atom. The number of nitrogens with two attached hydrogens (primary N) is 1. The van der Waals surface area contributed by atoms with Gasteiger partial charge in [-0.25, -0.2) is 18.4 Å². The van der Waals surface area contributed by atoms with E-state index in [1.165, 1.54) is 31.4 Å². The summed E-state index contributed by atoms with van der Waals surface area (Å²) in [4.78, 5) is 35.4. The van der Waals surface area contributed by atoms with Gasteiger partial charge in [0, 0.05) is 12.0 Å². The van der Waals surface area contributed by atoms with E-state index in [0.717, 1.165) is 0 Å². The highest BCUT2D eigenvalue weighted by Gasteiger charge is 2.21. The van der Waals surface area contributed by atoms with Gasteiger partial charge in [0.15, 0.2) is 0 Å². The van der Waals surface area contributed by atoms with Gasteiger partial charge in [-0.2, -0.15) is 0 Å². The van der Waals surface area contributed by atoms with Crippen LogP contribution in [0, 0.1) is 0 Å². The number of carboxylic acid groups (broad SMARTS) is 1. The van der Waals surface area contributed by atoms with Gasteiger partial charge in [-0.1, -0.05) is 12.1 Å². The second-order valence-electron chi connectivity index (χ2n) is 6.26. The van der Waals surface area contributed by atoms with Crippen molar-refractivity contribution in [1.29, 1.82) is 0 Å². The Labute approximate surface area is 173 Å². The molecule has 0 fully saturated rings. The summed E-state index contributed by atoms with van der Waals surface area (Å²) >= 11 is 0. The largest absolute Gasteiger partial charge is 0.497 e. The molecule has 2 rings (SSSR count). The smallest absolute Gasteiger partial charge is 0.326 e. The fourth-order valence-corrected chi connectivity index (χ4v) is 3.02. The monoisotopic (exact) mass is 435 g/mol. The number of hydrogen-bond donors (Lipinski definition) is 4. The van der Waals surface area contributed by atoms with Gasteiger partial charge in [0.25, 0.3) is 5.91 Å². The molecule has 0 aromatic heterocycles. The summed E-state index contributed by atoms with van der Waals surface area (Å²) in [6.07, 6.45) is 0.0496. The molecule has 2 aromatic rings. The summed E-state index contributed by atoms with van der Waals surface area (Å²) in [7, 11) is -2.37. The molecular formula is C19H21N3O7S. The van der Waals surface area contributed by atoms with E-state index in [2.05, 4.69) is 10.6 Å². The number of methoxy groups -OCH3 is 1. The molecule has 0 aliphatic rings. The molecule has 11 heteroatoms. The van der Waals surface area contributed by atoms with Crippen molar-refractivity contribution in [2.75, 3.05) is 13.7 Å². The number of carbonyl (C=O) groups excluding carboxylic acids is 2. The molecular weight excluding hydrogens is 414 g/mol. The van der Waals surface area contributed by atoms with Gasteiger partial charge in [0.2, 0.25) is 15.9 Å². The van der Waals surface area contributed by atoms with Gasteiger partial charge >= 0.3 is 5.97 Å². The maximum absolute atomic E-state index is 12.1. The van der Waals surface area contributed by atoms with Crippen LogP contribution in [-0.4, -0.2) is 51.0 Å². The Morgan fingerprint density at radius 3 is 2.17 bits per heavy atom. The number of sulfonamides is 1. The van der Waals surface area contributed by atoms with Crippen LogP contribution in [0.1, 0.15) is 15.9 Å². The van der Waals surface area contributed by atoms with E-state index in [1.54, 1.807) is 24.3 Å². The number of carbonyl (C=O) groups is 3. The number of primary sulfonamides is 1. The zero-order valence-corrected chi connectivity index (χ0v) is 16.8. The Kier molecular flexibility index (Phi) is 7.50. The fraction of sp³-hybridized carbons (Fsp3) is 0.211. The lowest BCUT2D eigenvalue weighted by atomic mass is 10.1. The first-order valence-electron chi connectivity index (χ1n) is 8.66. The van der Waals surface area contributed by atoms with Crippen molar-refractivity contribution >= 4 is 27.8 Å². The molecule has 0 aliphatic carbocycles. The maximum Gasteiger partial charge on any atom is 0.326 e. The van der Waals surface area contributed by atoms with Crippen LogP contribution in [0.2, 0.25) is 0 Å². The molecule has 1 atom stereocenters.